The minimum Gasteiger partial charge on any atom is -0.468 e. The fraction of sp³-hybridized carbons (Fsp3) is 0.750. The van der Waals surface area contributed by atoms with Gasteiger partial charge in [0.2, 0.25) is 11.8 Å². The van der Waals surface area contributed by atoms with Crippen molar-refractivity contribution in [2.75, 3.05) is 20.7 Å². The molecule has 0 bridgehead atoms. The molecule has 0 saturated carbocycles. The largest absolute Gasteiger partial charge is 0.468 e. The van der Waals surface area contributed by atoms with Crippen molar-refractivity contribution in [3.63, 3.8) is 0 Å². The van der Waals surface area contributed by atoms with Crippen LogP contribution in [0.4, 0.5) is 0 Å². The Bertz CT molecular complexity index is 392. The third-order valence-electron chi connectivity index (χ3n) is 3.38. The minimum absolute atomic E-state index is 0.0166. The molecule has 0 spiro atoms. The Hall–Kier alpha value is -1.43. The summed E-state index contributed by atoms with van der Waals surface area (Å²) in [5.74, 6) is -1.01. The zero-order valence-electron chi connectivity index (χ0n) is 11.5. The average Bonchev–Trinajstić information content (AvgIpc) is 2.50. The summed E-state index contributed by atoms with van der Waals surface area (Å²) in [5, 5.41) is 2.80. The molecule has 102 valence electrons. The van der Waals surface area contributed by atoms with Crippen molar-refractivity contribution in [1.29, 1.82) is 0 Å². The van der Waals surface area contributed by atoms with Gasteiger partial charge in [0.25, 0.3) is 0 Å². The fourth-order valence-electron chi connectivity index (χ4n) is 1.97. The molecule has 1 rings (SSSR count). The van der Waals surface area contributed by atoms with Gasteiger partial charge in [0.1, 0.15) is 5.54 Å². The summed E-state index contributed by atoms with van der Waals surface area (Å²) in [6.07, 6.45) is 0.173. The third-order valence-corrected chi connectivity index (χ3v) is 3.38. The van der Waals surface area contributed by atoms with Crippen molar-refractivity contribution in [3.8, 4) is 0 Å². The predicted molar refractivity (Wildman–Crippen MR) is 64.6 cm³/mol. The second kappa shape index (κ2) is 4.68. The molecule has 0 aromatic carbocycles. The number of esters is 1. The van der Waals surface area contributed by atoms with Crippen LogP contribution >= 0.6 is 0 Å². The molecule has 1 fully saturated rings. The third kappa shape index (κ3) is 2.38. The fourth-order valence-corrected chi connectivity index (χ4v) is 1.97. The van der Waals surface area contributed by atoms with Crippen molar-refractivity contribution >= 4 is 17.8 Å². The van der Waals surface area contributed by atoms with Gasteiger partial charge in [0, 0.05) is 6.42 Å². The molecule has 1 aliphatic heterocycles. The number of amides is 2. The lowest BCUT2D eigenvalue weighted by Crippen LogP contribution is -2.57. The van der Waals surface area contributed by atoms with Gasteiger partial charge in [-0.15, -0.1) is 0 Å². The number of nitrogens with zero attached hydrogens (tertiary/aromatic N) is 1. The molecule has 6 nitrogen and oxygen atoms in total. The lowest BCUT2D eigenvalue weighted by atomic mass is 9.92. The second-order valence-corrected chi connectivity index (χ2v) is 5.42. The van der Waals surface area contributed by atoms with Gasteiger partial charge < -0.3 is 10.1 Å². The highest BCUT2D eigenvalue weighted by molar-refractivity contribution is 6.06. The molecule has 18 heavy (non-hydrogen) atoms. The number of carbonyl (C=O) groups excluding carboxylic acids is 3. The summed E-state index contributed by atoms with van der Waals surface area (Å²) in [4.78, 5) is 36.7. The standard InChI is InChI=1S/C12H20N2O4/c1-11(2)6-8(15)14(9(11)16)7-12(3,13-4)10(17)18-5/h13H,6-7H2,1-5H3. The van der Waals surface area contributed by atoms with Crippen molar-refractivity contribution in [3.05, 3.63) is 0 Å². The molecule has 0 aromatic rings. The van der Waals surface area contributed by atoms with E-state index in [4.69, 9.17) is 0 Å². The molecule has 1 N–H and O–H groups in total. The molecule has 0 aliphatic carbocycles. The number of imide groups is 1. The van der Waals surface area contributed by atoms with Crippen LogP contribution in [0.2, 0.25) is 0 Å². The van der Waals surface area contributed by atoms with E-state index in [-0.39, 0.29) is 24.8 Å². The normalized spacial score (nSPS) is 21.9. The molecule has 0 radical (unpaired) electrons. The number of likely N-dealkylation sites (tertiary alicyclic amines) is 1. The van der Waals surface area contributed by atoms with Crippen molar-refractivity contribution in [2.45, 2.75) is 32.7 Å². The maximum Gasteiger partial charge on any atom is 0.327 e. The van der Waals surface area contributed by atoms with Crippen LogP contribution in [0.1, 0.15) is 27.2 Å². The smallest absolute Gasteiger partial charge is 0.327 e. The summed E-state index contributed by atoms with van der Waals surface area (Å²) < 4.78 is 4.69. The van der Waals surface area contributed by atoms with Crippen LogP contribution in [0, 0.1) is 5.41 Å². The molecule has 1 aliphatic rings. The van der Waals surface area contributed by atoms with Crippen molar-refractivity contribution in [1.82, 2.24) is 10.2 Å². The predicted octanol–water partition coefficient (Wildman–Crippen LogP) is -0.0774. The van der Waals surface area contributed by atoms with Crippen LogP contribution in [0.5, 0.6) is 0 Å². The molecule has 2 amide bonds. The number of hydrogen-bond acceptors (Lipinski definition) is 5. The van der Waals surface area contributed by atoms with Gasteiger partial charge in [-0.1, -0.05) is 13.8 Å². The summed E-state index contributed by atoms with van der Waals surface area (Å²) in [6, 6.07) is 0. The maximum atomic E-state index is 12.1. The number of likely N-dealkylation sites (N-methyl/N-ethyl adjacent to an activating group) is 1. The first kappa shape index (κ1) is 14.6. The Morgan fingerprint density at radius 2 is 2.06 bits per heavy atom. The van der Waals surface area contributed by atoms with E-state index in [0.29, 0.717) is 0 Å². The first-order valence-corrected chi connectivity index (χ1v) is 5.80. The van der Waals surface area contributed by atoms with E-state index < -0.39 is 16.9 Å². The molecular weight excluding hydrogens is 236 g/mol. The first-order chi connectivity index (χ1) is 8.18. The quantitative estimate of drug-likeness (QED) is 0.562. The lowest BCUT2D eigenvalue weighted by molar-refractivity contribution is -0.151. The first-order valence-electron chi connectivity index (χ1n) is 5.80. The Balaban J connectivity index is 2.93. The Morgan fingerprint density at radius 1 is 1.50 bits per heavy atom. The molecule has 6 heteroatoms. The van der Waals surface area contributed by atoms with E-state index in [1.54, 1.807) is 27.8 Å². The highest BCUT2D eigenvalue weighted by atomic mass is 16.5. The number of ether oxygens (including phenoxy) is 1. The SMILES string of the molecule is CNC(C)(CN1C(=O)CC(C)(C)C1=O)C(=O)OC. The molecule has 1 unspecified atom stereocenters. The van der Waals surface area contributed by atoms with Crippen molar-refractivity contribution < 1.29 is 19.1 Å². The van der Waals surface area contributed by atoms with Gasteiger partial charge in [0.05, 0.1) is 19.1 Å². The monoisotopic (exact) mass is 256 g/mol. The van der Waals surface area contributed by atoms with Gasteiger partial charge in [0.15, 0.2) is 0 Å². The molecule has 1 atom stereocenters. The summed E-state index contributed by atoms with van der Waals surface area (Å²) in [5.41, 5.74) is -1.78. The van der Waals surface area contributed by atoms with E-state index >= 15 is 0 Å². The maximum absolute atomic E-state index is 12.1. The molecule has 0 aromatic heterocycles. The Labute approximate surface area is 107 Å². The van der Waals surface area contributed by atoms with E-state index in [0.717, 1.165) is 4.90 Å². The summed E-state index contributed by atoms with van der Waals surface area (Å²) >= 11 is 0. The summed E-state index contributed by atoms with van der Waals surface area (Å²) in [6.45, 7) is 5.03. The zero-order valence-corrected chi connectivity index (χ0v) is 11.5. The van der Waals surface area contributed by atoms with Crippen LogP contribution in [-0.4, -0.2) is 48.9 Å². The van der Waals surface area contributed by atoms with Crippen LogP contribution < -0.4 is 5.32 Å². The van der Waals surface area contributed by atoms with Crippen LogP contribution in [-0.2, 0) is 19.1 Å². The topological polar surface area (TPSA) is 75.7 Å². The number of methoxy groups -OCH3 is 1. The van der Waals surface area contributed by atoms with Gasteiger partial charge in [-0.3, -0.25) is 14.5 Å². The van der Waals surface area contributed by atoms with E-state index in [1.165, 1.54) is 7.11 Å². The van der Waals surface area contributed by atoms with Gasteiger partial charge >= 0.3 is 5.97 Å². The van der Waals surface area contributed by atoms with E-state index in [9.17, 15) is 14.4 Å². The van der Waals surface area contributed by atoms with Gasteiger partial charge in [-0.2, -0.15) is 0 Å². The highest BCUT2D eigenvalue weighted by Gasteiger charge is 2.48. The Morgan fingerprint density at radius 3 is 2.39 bits per heavy atom. The van der Waals surface area contributed by atoms with Gasteiger partial charge in [-0.05, 0) is 14.0 Å². The zero-order chi connectivity index (χ0) is 14.1. The van der Waals surface area contributed by atoms with E-state index in [1.807, 2.05) is 0 Å². The van der Waals surface area contributed by atoms with Crippen molar-refractivity contribution in [2.24, 2.45) is 5.41 Å². The average molecular weight is 256 g/mol. The number of nitrogens with one attached hydrogen (secondary N) is 1. The Kier molecular flexibility index (Phi) is 3.81. The molecular formula is C12H20N2O4. The summed E-state index contributed by atoms with van der Waals surface area (Å²) in [7, 11) is 2.86. The van der Waals surface area contributed by atoms with Crippen LogP contribution in [0.15, 0.2) is 0 Å². The highest BCUT2D eigenvalue weighted by Crippen LogP contribution is 2.32. The second-order valence-electron chi connectivity index (χ2n) is 5.42. The molecule has 1 saturated heterocycles. The van der Waals surface area contributed by atoms with Crippen LogP contribution in [0.25, 0.3) is 0 Å². The number of carbonyl (C=O) groups is 3. The van der Waals surface area contributed by atoms with Crippen LogP contribution in [0.3, 0.4) is 0 Å². The minimum atomic E-state index is -1.08. The van der Waals surface area contributed by atoms with E-state index in [2.05, 4.69) is 10.1 Å². The van der Waals surface area contributed by atoms with Gasteiger partial charge in [-0.25, -0.2) is 4.79 Å². The number of hydrogen-bond donors (Lipinski definition) is 1. The lowest BCUT2D eigenvalue weighted by Gasteiger charge is -2.30. The number of rotatable bonds is 4. The molecule has 1 heterocycles.